The molecule has 0 saturated carbocycles. The largest absolute Gasteiger partial charge is 0.397 e. The SMILES string of the molecule is Nc1ccc(Br)cc1NCCc1ncc[nH]1. The van der Waals surface area contributed by atoms with Crippen LogP contribution >= 0.6 is 15.9 Å². The average molecular weight is 281 g/mol. The number of nitrogens with one attached hydrogen (secondary N) is 2. The summed E-state index contributed by atoms with van der Waals surface area (Å²) in [7, 11) is 0. The smallest absolute Gasteiger partial charge is 0.107 e. The molecule has 1 aromatic heterocycles. The monoisotopic (exact) mass is 280 g/mol. The van der Waals surface area contributed by atoms with E-state index in [1.165, 1.54) is 0 Å². The highest BCUT2D eigenvalue weighted by atomic mass is 79.9. The van der Waals surface area contributed by atoms with Gasteiger partial charge < -0.3 is 16.0 Å². The molecule has 16 heavy (non-hydrogen) atoms. The fourth-order valence-corrected chi connectivity index (χ4v) is 1.79. The van der Waals surface area contributed by atoms with E-state index in [1.54, 1.807) is 6.20 Å². The van der Waals surface area contributed by atoms with Crippen molar-refractivity contribution in [3.63, 3.8) is 0 Å². The van der Waals surface area contributed by atoms with Crippen LogP contribution in [0.15, 0.2) is 35.1 Å². The van der Waals surface area contributed by atoms with Crippen LogP contribution in [0.3, 0.4) is 0 Å². The van der Waals surface area contributed by atoms with Crippen molar-refractivity contribution in [2.24, 2.45) is 0 Å². The number of nitrogens with zero attached hydrogens (tertiary/aromatic N) is 1. The van der Waals surface area contributed by atoms with Gasteiger partial charge in [0.1, 0.15) is 5.82 Å². The molecule has 0 aliphatic carbocycles. The second kappa shape index (κ2) is 5.03. The molecule has 0 amide bonds. The lowest BCUT2D eigenvalue weighted by Crippen LogP contribution is -2.07. The van der Waals surface area contributed by atoms with E-state index < -0.39 is 0 Å². The summed E-state index contributed by atoms with van der Waals surface area (Å²) < 4.78 is 1.02. The molecule has 0 fully saturated rings. The van der Waals surface area contributed by atoms with Crippen molar-refractivity contribution in [2.45, 2.75) is 6.42 Å². The second-order valence-electron chi connectivity index (χ2n) is 3.44. The molecule has 84 valence electrons. The molecule has 0 aliphatic heterocycles. The van der Waals surface area contributed by atoms with E-state index in [4.69, 9.17) is 5.73 Å². The number of anilines is 2. The Balaban J connectivity index is 1.92. The van der Waals surface area contributed by atoms with Gasteiger partial charge in [-0.3, -0.25) is 0 Å². The number of benzene rings is 1. The Morgan fingerprint density at radius 2 is 2.31 bits per heavy atom. The molecule has 1 heterocycles. The van der Waals surface area contributed by atoms with E-state index in [2.05, 4.69) is 31.2 Å². The number of nitrogen functional groups attached to an aromatic ring is 1. The molecule has 0 spiro atoms. The fourth-order valence-electron chi connectivity index (χ4n) is 1.43. The first-order valence-corrected chi connectivity index (χ1v) is 5.82. The second-order valence-corrected chi connectivity index (χ2v) is 4.36. The Morgan fingerprint density at radius 3 is 3.06 bits per heavy atom. The van der Waals surface area contributed by atoms with Gasteiger partial charge >= 0.3 is 0 Å². The number of hydrogen-bond acceptors (Lipinski definition) is 3. The Bertz CT molecular complexity index is 453. The van der Waals surface area contributed by atoms with E-state index in [1.807, 2.05) is 24.4 Å². The first-order valence-electron chi connectivity index (χ1n) is 5.03. The van der Waals surface area contributed by atoms with Crippen molar-refractivity contribution in [2.75, 3.05) is 17.6 Å². The third kappa shape index (κ3) is 2.76. The number of hydrogen-bond donors (Lipinski definition) is 3. The van der Waals surface area contributed by atoms with E-state index in [0.29, 0.717) is 0 Å². The summed E-state index contributed by atoms with van der Waals surface area (Å²) in [6.45, 7) is 0.800. The fraction of sp³-hybridized carbons (Fsp3) is 0.182. The van der Waals surface area contributed by atoms with Crippen LogP contribution in [-0.4, -0.2) is 16.5 Å². The quantitative estimate of drug-likeness (QED) is 0.754. The third-order valence-electron chi connectivity index (χ3n) is 2.25. The van der Waals surface area contributed by atoms with Crippen LogP contribution in [0.25, 0.3) is 0 Å². The standard InChI is InChI=1S/C11H13BrN4/c12-8-1-2-9(13)10(7-8)14-4-3-11-15-5-6-16-11/h1-2,5-7,14H,3-4,13H2,(H,15,16). The van der Waals surface area contributed by atoms with E-state index in [-0.39, 0.29) is 0 Å². The number of H-pyrrole nitrogens is 1. The van der Waals surface area contributed by atoms with Gasteiger partial charge in [-0.1, -0.05) is 15.9 Å². The van der Waals surface area contributed by atoms with Crippen molar-refractivity contribution in [1.82, 2.24) is 9.97 Å². The zero-order chi connectivity index (χ0) is 11.4. The average Bonchev–Trinajstić information content (AvgIpc) is 2.76. The lowest BCUT2D eigenvalue weighted by atomic mass is 10.2. The van der Waals surface area contributed by atoms with Crippen LogP contribution < -0.4 is 11.1 Å². The third-order valence-corrected chi connectivity index (χ3v) is 2.74. The van der Waals surface area contributed by atoms with Gasteiger partial charge in [0, 0.05) is 29.8 Å². The Morgan fingerprint density at radius 1 is 1.44 bits per heavy atom. The molecule has 0 unspecified atom stereocenters. The molecule has 2 aromatic rings. The van der Waals surface area contributed by atoms with Gasteiger partial charge in [0.2, 0.25) is 0 Å². The topological polar surface area (TPSA) is 66.7 Å². The van der Waals surface area contributed by atoms with Crippen molar-refractivity contribution in [1.29, 1.82) is 0 Å². The normalized spacial score (nSPS) is 10.3. The van der Waals surface area contributed by atoms with Crippen LogP contribution in [0.4, 0.5) is 11.4 Å². The van der Waals surface area contributed by atoms with Crippen LogP contribution in [0.1, 0.15) is 5.82 Å². The molecule has 0 saturated heterocycles. The van der Waals surface area contributed by atoms with Crippen molar-refractivity contribution in [3.05, 3.63) is 40.9 Å². The number of halogens is 1. The molecular formula is C11H13BrN4. The van der Waals surface area contributed by atoms with Crippen molar-refractivity contribution < 1.29 is 0 Å². The molecule has 0 aliphatic rings. The summed E-state index contributed by atoms with van der Waals surface area (Å²) in [6.07, 6.45) is 4.42. The zero-order valence-electron chi connectivity index (χ0n) is 8.70. The molecule has 2 rings (SSSR count). The highest BCUT2D eigenvalue weighted by Gasteiger charge is 2.00. The molecule has 0 radical (unpaired) electrons. The van der Waals surface area contributed by atoms with Gasteiger partial charge in [-0.25, -0.2) is 4.98 Å². The maximum atomic E-state index is 5.84. The van der Waals surface area contributed by atoms with E-state index >= 15 is 0 Å². The number of imidazole rings is 1. The summed E-state index contributed by atoms with van der Waals surface area (Å²) in [6, 6.07) is 5.77. The molecule has 5 heteroatoms. The summed E-state index contributed by atoms with van der Waals surface area (Å²) >= 11 is 3.41. The lowest BCUT2D eigenvalue weighted by Gasteiger charge is -2.08. The number of aromatic nitrogens is 2. The molecule has 1 aromatic carbocycles. The van der Waals surface area contributed by atoms with Crippen LogP contribution in [-0.2, 0) is 6.42 Å². The Kier molecular flexibility index (Phi) is 3.46. The van der Waals surface area contributed by atoms with Gasteiger partial charge in [-0.15, -0.1) is 0 Å². The number of nitrogens with two attached hydrogens (primary N) is 1. The van der Waals surface area contributed by atoms with Gasteiger partial charge in [-0.05, 0) is 18.2 Å². The molecular weight excluding hydrogens is 268 g/mol. The zero-order valence-corrected chi connectivity index (χ0v) is 10.3. The minimum atomic E-state index is 0.752. The summed E-state index contributed by atoms with van der Waals surface area (Å²) in [5.74, 6) is 0.973. The van der Waals surface area contributed by atoms with Crippen LogP contribution in [0.5, 0.6) is 0 Å². The first kappa shape index (κ1) is 11.0. The van der Waals surface area contributed by atoms with Gasteiger partial charge in [0.05, 0.1) is 11.4 Å². The first-order chi connectivity index (χ1) is 7.75. The van der Waals surface area contributed by atoms with E-state index in [0.717, 1.165) is 34.6 Å². The van der Waals surface area contributed by atoms with E-state index in [9.17, 15) is 0 Å². The summed E-state index contributed by atoms with van der Waals surface area (Å²) in [5.41, 5.74) is 7.54. The summed E-state index contributed by atoms with van der Waals surface area (Å²) in [4.78, 5) is 7.21. The van der Waals surface area contributed by atoms with Gasteiger partial charge in [-0.2, -0.15) is 0 Å². The van der Waals surface area contributed by atoms with Gasteiger partial charge in [0.15, 0.2) is 0 Å². The maximum Gasteiger partial charge on any atom is 0.107 e. The van der Waals surface area contributed by atoms with Crippen LogP contribution in [0, 0.1) is 0 Å². The predicted molar refractivity (Wildman–Crippen MR) is 69.3 cm³/mol. The molecule has 4 nitrogen and oxygen atoms in total. The minimum absolute atomic E-state index is 0.752. The van der Waals surface area contributed by atoms with Crippen LogP contribution in [0.2, 0.25) is 0 Å². The number of aromatic amines is 1. The molecule has 0 atom stereocenters. The Hall–Kier alpha value is -1.49. The summed E-state index contributed by atoms with van der Waals surface area (Å²) in [5, 5.41) is 3.28. The van der Waals surface area contributed by atoms with Gasteiger partial charge in [0.25, 0.3) is 0 Å². The minimum Gasteiger partial charge on any atom is -0.397 e. The number of rotatable bonds is 4. The van der Waals surface area contributed by atoms with Crippen molar-refractivity contribution in [3.8, 4) is 0 Å². The predicted octanol–water partition coefficient (Wildman–Crippen LogP) is 2.41. The molecule has 0 bridgehead atoms. The lowest BCUT2D eigenvalue weighted by molar-refractivity contribution is 0.928. The Labute approximate surface area is 102 Å². The highest BCUT2D eigenvalue weighted by molar-refractivity contribution is 9.10. The highest BCUT2D eigenvalue weighted by Crippen LogP contribution is 2.22. The van der Waals surface area contributed by atoms with Crippen molar-refractivity contribution >= 4 is 27.3 Å². The molecule has 4 N–H and O–H groups in total. The maximum absolute atomic E-state index is 5.84.